The van der Waals surface area contributed by atoms with Gasteiger partial charge in [-0.05, 0) is 31.6 Å². The van der Waals surface area contributed by atoms with Crippen LogP contribution in [0.4, 0.5) is 17.8 Å². The summed E-state index contributed by atoms with van der Waals surface area (Å²) in [6.45, 7) is 1.04. The monoisotopic (exact) mass is 276 g/mol. The first kappa shape index (κ1) is 13.4. The van der Waals surface area contributed by atoms with Crippen LogP contribution in [0.5, 0.6) is 0 Å². The van der Waals surface area contributed by atoms with Crippen LogP contribution in [-0.2, 0) is 0 Å². The lowest BCUT2D eigenvalue weighted by molar-refractivity contribution is 0.241. The molecule has 6 nitrogen and oxygen atoms in total. The van der Waals surface area contributed by atoms with E-state index in [9.17, 15) is 0 Å². The number of nitrogens with zero attached hydrogens (tertiary/aromatic N) is 5. The SMILES string of the molecule is CN(C)c1nc(N)nc(N2CCCC3CCCCC32)n1. The van der Waals surface area contributed by atoms with Crippen LogP contribution >= 0.6 is 0 Å². The van der Waals surface area contributed by atoms with Crippen LogP contribution in [0.1, 0.15) is 38.5 Å². The van der Waals surface area contributed by atoms with Gasteiger partial charge in [-0.2, -0.15) is 15.0 Å². The van der Waals surface area contributed by atoms with Crippen LogP contribution in [0.3, 0.4) is 0 Å². The van der Waals surface area contributed by atoms with E-state index in [0.717, 1.165) is 18.4 Å². The van der Waals surface area contributed by atoms with Gasteiger partial charge in [0.1, 0.15) is 0 Å². The second-order valence-corrected chi connectivity index (χ2v) is 6.14. The first-order valence-electron chi connectivity index (χ1n) is 7.60. The zero-order valence-electron chi connectivity index (χ0n) is 12.4. The fourth-order valence-electron chi connectivity index (χ4n) is 3.57. The Morgan fingerprint density at radius 2 is 1.80 bits per heavy atom. The largest absolute Gasteiger partial charge is 0.368 e. The molecule has 1 saturated carbocycles. The standard InChI is InChI=1S/C14H24N6/c1-19(2)13-16-12(15)17-14(18-13)20-9-5-7-10-6-3-4-8-11(10)20/h10-11H,3-9H2,1-2H3,(H2,15,16,17,18). The molecule has 2 aliphatic rings. The highest BCUT2D eigenvalue weighted by molar-refractivity contribution is 5.44. The molecule has 2 atom stereocenters. The van der Waals surface area contributed by atoms with Gasteiger partial charge in [-0.1, -0.05) is 12.8 Å². The number of nitrogens with two attached hydrogens (primary N) is 1. The lowest BCUT2D eigenvalue weighted by Gasteiger charge is -2.44. The zero-order chi connectivity index (χ0) is 14.1. The average molecular weight is 276 g/mol. The van der Waals surface area contributed by atoms with Crippen molar-refractivity contribution in [2.24, 2.45) is 5.92 Å². The molecule has 0 spiro atoms. The highest BCUT2D eigenvalue weighted by Gasteiger charge is 2.34. The van der Waals surface area contributed by atoms with Crippen molar-refractivity contribution in [2.45, 2.75) is 44.6 Å². The highest BCUT2D eigenvalue weighted by Crippen LogP contribution is 2.36. The molecule has 1 aromatic rings. The van der Waals surface area contributed by atoms with E-state index in [1.807, 2.05) is 19.0 Å². The van der Waals surface area contributed by atoms with Crippen molar-refractivity contribution >= 4 is 17.8 Å². The lowest BCUT2D eigenvalue weighted by atomic mass is 9.78. The lowest BCUT2D eigenvalue weighted by Crippen LogP contribution is -2.47. The van der Waals surface area contributed by atoms with Crippen LogP contribution in [0.15, 0.2) is 0 Å². The van der Waals surface area contributed by atoms with Gasteiger partial charge in [0, 0.05) is 26.7 Å². The molecule has 0 bridgehead atoms. The highest BCUT2D eigenvalue weighted by atomic mass is 15.4. The summed E-state index contributed by atoms with van der Waals surface area (Å²) in [6, 6.07) is 0.592. The van der Waals surface area contributed by atoms with Crippen LogP contribution in [-0.4, -0.2) is 41.6 Å². The minimum Gasteiger partial charge on any atom is -0.368 e. The fourth-order valence-corrected chi connectivity index (χ4v) is 3.57. The van der Waals surface area contributed by atoms with Gasteiger partial charge in [0.2, 0.25) is 17.8 Å². The second-order valence-electron chi connectivity index (χ2n) is 6.14. The van der Waals surface area contributed by atoms with Crippen LogP contribution in [0, 0.1) is 5.92 Å². The van der Waals surface area contributed by atoms with Crippen molar-refractivity contribution in [3.63, 3.8) is 0 Å². The Morgan fingerprint density at radius 1 is 1.05 bits per heavy atom. The van der Waals surface area contributed by atoms with Gasteiger partial charge in [-0.25, -0.2) is 0 Å². The normalized spacial score (nSPS) is 26.2. The summed E-state index contributed by atoms with van der Waals surface area (Å²) in [5.74, 6) is 2.53. The summed E-state index contributed by atoms with van der Waals surface area (Å²) < 4.78 is 0. The van der Waals surface area contributed by atoms with Gasteiger partial charge in [-0.15, -0.1) is 0 Å². The van der Waals surface area contributed by atoms with E-state index in [1.165, 1.54) is 38.5 Å². The molecular formula is C14H24N6. The van der Waals surface area contributed by atoms with Crippen molar-refractivity contribution in [1.82, 2.24) is 15.0 Å². The molecule has 1 saturated heterocycles. The minimum atomic E-state index is 0.316. The number of piperidine rings is 1. The summed E-state index contributed by atoms with van der Waals surface area (Å²) in [5, 5.41) is 0. The molecule has 1 aliphatic carbocycles. The first-order chi connectivity index (χ1) is 9.65. The molecule has 2 N–H and O–H groups in total. The Balaban J connectivity index is 1.90. The number of nitrogen functional groups attached to an aromatic ring is 1. The van der Waals surface area contributed by atoms with E-state index in [0.29, 0.717) is 17.9 Å². The Kier molecular flexibility index (Phi) is 3.63. The van der Waals surface area contributed by atoms with Crippen LogP contribution in [0.25, 0.3) is 0 Å². The Labute approximate surface area is 120 Å². The smallest absolute Gasteiger partial charge is 0.232 e. The van der Waals surface area contributed by atoms with E-state index in [1.54, 1.807) is 0 Å². The Morgan fingerprint density at radius 3 is 2.60 bits per heavy atom. The zero-order valence-corrected chi connectivity index (χ0v) is 12.4. The quantitative estimate of drug-likeness (QED) is 0.886. The van der Waals surface area contributed by atoms with Gasteiger partial charge in [-0.3, -0.25) is 0 Å². The minimum absolute atomic E-state index is 0.316. The molecule has 1 aliphatic heterocycles. The number of aromatic nitrogens is 3. The molecule has 3 rings (SSSR count). The maximum absolute atomic E-state index is 5.86. The van der Waals surface area contributed by atoms with Crippen molar-refractivity contribution < 1.29 is 0 Å². The topological polar surface area (TPSA) is 71.2 Å². The molecule has 0 amide bonds. The Bertz CT molecular complexity index is 473. The summed E-state index contributed by atoms with van der Waals surface area (Å²) >= 11 is 0. The maximum Gasteiger partial charge on any atom is 0.232 e. The van der Waals surface area contributed by atoms with Crippen molar-refractivity contribution in [2.75, 3.05) is 36.2 Å². The van der Waals surface area contributed by atoms with Gasteiger partial charge < -0.3 is 15.5 Å². The van der Waals surface area contributed by atoms with Crippen molar-refractivity contribution in [3.05, 3.63) is 0 Å². The summed E-state index contributed by atoms with van der Waals surface area (Å²) in [7, 11) is 3.86. The first-order valence-corrected chi connectivity index (χ1v) is 7.60. The molecule has 110 valence electrons. The van der Waals surface area contributed by atoms with E-state index < -0.39 is 0 Å². The van der Waals surface area contributed by atoms with E-state index in [-0.39, 0.29) is 0 Å². The number of hydrogen-bond acceptors (Lipinski definition) is 6. The number of anilines is 3. The van der Waals surface area contributed by atoms with E-state index in [2.05, 4.69) is 19.9 Å². The summed E-state index contributed by atoms with van der Waals surface area (Å²) in [6.07, 6.45) is 7.87. The fraction of sp³-hybridized carbons (Fsp3) is 0.786. The molecular weight excluding hydrogens is 252 g/mol. The molecule has 0 aromatic carbocycles. The van der Waals surface area contributed by atoms with Gasteiger partial charge in [0.05, 0.1) is 0 Å². The predicted octanol–water partition coefficient (Wildman–Crippen LogP) is 1.68. The third-order valence-electron chi connectivity index (χ3n) is 4.53. The van der Waals surface area contributed by atoms with Gasteiger partial charge in [0.25, 0.3) is 0 Å². The maximum atomic E-state index is 5.86. The average Bonchev–Trinajstić information content (AvgIpc) is 2.46. The molecule has 2 unspecified atom stereocenters. The van der Waals surface area contributed by atoms with Crippen molar-refractivity contribution in [1.29, 1.82) is 0 Å². The van der Waals surface area contributed by atoms with Crippen LogP contribution in [0.2, 0.25) is 0 Å². The number of rotatable bonds is 2. The number of fused-ring (bicyclic) bond motifs is 1. The third kappa shape index (κ3) is 2.51. The van der Waals surface area contributed by atoms with Gasteiger partial charge >= 0.3 is 0 Å². The molecule has 2 fully saturated rings. The Hall–Kier alpha value is -1.59. The van der Waals surface area contributed by atoms with E-state index >= 15 is 0 Å². The van der Waals surface area contributed by atoms with Crippen LogP contribution < -0.4 is 15.5 Å². The molecule has 20 heavy (non-hydrogen) atoms. The van der Waals surface area contributed by atoms with E-state index in [4.69, 9.17) is 5.73 Å². The van der Waals surface area contributed by atoms with Gasteiger partial charge in [0.15, 0.2) is 0 Å². The summed E-state index contributed by atoms with van der Waals surface area (Å²) in [4.78, 5) is 17.4. The second kappa shape index (κ2) is 5.42. The molecule has 1 aromatic heterocycles. The third-order valence-corrected chi connectivity index (χ3v) is 4.53. The molecule has 0 radical (unpaired) electrons. The summed E-state index contributed by atoms with van der Waals surface area (Å²) in [5.41, 5.74) is 5.86. The number of hydrogen-bond donors (Lipinski definition) is 1. The predicted molar refractivity (Wildman–Crippen MR) is 80.9 cm³/mol. The molecule has 6 heteroatoms. The van der Waals surface area contributed by atoms with Crippen molar-refractivity contribution in [3.8, 4) is 0 Å². The molecule has 2 heterocycles.